The SMILES string of the molecule is CCc1nn(C)cc1NCC(=O)NC(C)(C)CC. The average Bonchev–Trinajstić information content (AvgIpc) is 2.66. The van der Waals surface area contributed by atoms with Crippen molar-refractivity contribution in [1.29, 1.82) is 0 Å². The van der Waals surface area contributed by atoms with Crippen molar-refractivity contribution in [1.82, 2.24) is 15.1 Å². The molecule has 0 unspecified atom stereocenters. The lowest BCUT2D eigenvalue weighted by Crippen LogP contribution is -2.45. The van der Waals surface area contributed by atoms with E-state index in [9.17, 15) is 4.79 Å². The van der Waals surface area contributed by atoms with Crippen LogP contribution in [-0.4, -0.2) is 27.8 Å². The molecule has 0 saturated carbocycles. The molecule has 0 atom stereocenters. The second kappa shape index (κ2) is 5.89. The zero-order valence-corrected chi connectivity index (χ0v) is 12.0. The number of carbonyl (C=O) groups is 1. The molecule has 1 heterocycles. The van der Waals surface area contributed by atoms with Gasteiger partial charge in [0.05, 0.1) is 17.9 Å². The normalized spacial score (nSPS) is 11.4. The lowest BCUT2D eigenvalue weighted by Gasteiger charge is -2.24. The number of nitrogens with zero attached hydrogens (tertiary/aromatic N) is 2. The first-order chi connectivity index (χ1) is 8.38. The third-order valence-electron chi connectivity index (χ3n) is 3.04. The molecule has 1 amide bonds. The van der Waals surface area contributed by atoms with E-state index in [0.717, 1.165) is 24.2 Å². The number of hydrogen-bond donors (Lipinski definition) is 2. The van der Waals surface area contributed by atoms with Gasteiger partial charge in [-0.1, -0.05) is 13.8 Å². The van der Waals surface area contributed by atoms with Gasteiger partial charge in [-0.15, -0.1) is 0 Å². The molecule has 5 nitrogen and oxygen atoms in total. The molecule has 0 aliphatic heterocycles. The van der Waals surface area contributed by atoms with Gasteiger partial charge in [0.25, 0.3) is 0 Å². The number of carbonyl (C=O) groups excluding carboxylic acids is 1. The summed E-state index contributed by atoms with van der Waals surface area (Å²) in [6, 6.07) is 0. The number of aromatic nitrogens is 2. The standard InChI is InChI=1S/C13H24N4O/c1-6-10-11(9-17(5)16-10)14-8-12(18)15-13(3,4)7-2/h9,14H,6-8H2,1-5H3,(H,15,18). The maximum Gasteiger partial charge on any atom is 0.239 e. The van der Waals surface area contributed by atoms with E-state index >= 15 is 0 Å². The third-order valence-corrected chi connectivity index (χ3v) is 3.04. The van der Waals surface area contributed by atoms with Crippen LogP contribution in [0, 0.1) is 0 Å². The van der Waals surface area contributed by atoms with Crippen molar-refractivity contribution in [3.63, 3.8) is 0 Å². The van der Waals surface area contributed by atoms with Gasteiger partial charge in [0.15, 0.2) is 0 Å². The average molecular weight is 252 g/mol. The predicted octanol–water partition coefficient (Wildman–Crippen LogP) is 1.70. The van der Waals surface area contributed by atoms with Gasteiger partial charge in [0.2, 0.25) is 5.91 Å². The fourth-order valence-corrected chi connectivity index (χ4v) is 1.63. The minimum atomic E-state index is -0.152. The molecule has 1 rings (SSSR count). The van der Waals surface area contributed by atoms with E-state index in [2.05, 4.69) is 22.7 Å². The minimum absolute atomic E-state index is 0.00718. The molecule has 0 aromatic carbocycles. The maximum absolute atomic E-state index is 11.8. The van der Waals surface area contributed by atoms with Crippen LogP contribution in [0.15, 0.2) is 6.20 Å². The van der Waals surface area contributed by atoms with Gasteiger partial charge >= 0.3 is 0 Å². The highest BCUT2D eigenvalue weighted by Crippen LogP contribution is 2.13. The summed E-state index contributed by atoms with van der Waals surface area (Å²) in [6.45, 7) is 8.43. The molecule has 0 aliphatic carbocycles. The largest absolute Gasteiger partial charge is 0.373 e. The van der Waals surface area contributed by atoms with Crippen molar-refractivity contribution in [2.24, 2.45) is 7.05 Å². The zero-order valence-electron chi connectivity index (χ0n) is 12.0. The van der Waals surface area contributed by atoms with E-state index in [-0.39, 0.29) is 18.0 Å². The molecule has 1 aromatic rings. The van der Waals surface area contributed by atoms with Gasteiger partial charge in [-0.05, 0) is 26.7 Å². The zero-order chi connectivity index (χ0) is 13.8. The van der Waals surface area contributed by atoms with Crippen LogP contribution in [0.1, 0.15) is 39.8 Å². The first-order valence-electron chi connectivity index (χ1n) is 6.45. The van der Waals surface area contributed by atoms with E-state index in [1.165, 1.54) is 0 Å². The number of aryl methyl sites for hydroxylation is 2. The van der Waals surface area contributed by atoms with E-state index < -0.39 is 0 Å². The van der Waals surface area contributed by atoms with Crippen LogP contribution >= 0.6 is 0 Å². The maximum atomic E-state index is 11.8. The number of anilines is 1. The third kappa shape index (κ3) is 4.05. The van der Waals surface area contributed by atoms with E-state index in [1.54, 1.807) is 4.68 Å². The molecule has 18 heavy (non-hydrogen) atoms. The number of amides is 1. The second-order valence-corrected chi connectivity index (χ2v) is 5.16. The van der Waals surface area contributed by atoms with Crippen LogP contribution in [0.4, 0.5) is 5.69 Å². The molecule has 5 heteroatoms. The Kier molecular flexibility index (Phi) is 4.76. The summed E-state index contributed by atoms with van der Waals surface area (Å²) in [5.74, 6) is 0.00718. The fourth-order valence-electron chi connectivity index (χ4n) is 1.63. The van der Waals surface area contributed by atoms with Gasteiger partial charge in [-0.3, -0.25) is 9.48 Å². The number of nitrogens with one attached hydrogen (secondary N) is 2. The topological polar surface area (TPSA) is 59.0 Å². The highest BCUT2D eigenvalue weighted by molar-refractivity contribution is 5.81. The van der Waals surface area contributed by atoms with Gasteiger partial charge in [-0.2, -0.15) is 5.10 Å². The minimum Gasteiger partial charge on any atom is -0.373 e. The molecule has 0 spiro atoms. The lowest BCUT2D eigenvalue weighted by atomic mass is 10.0. The molecule has 0 radical (unpaired) electrons. The van der Waals surface area contributed by atoms with Crippen LogP contribution < -0.4 is 10.6 Å². The van der Waals surface area contributed by atoms with Crippen molar-refractivity contribution in [2.75, 3.05) is 11.9 Å². The summed E-state index contributed by atoms with van der Waals surface area (Å²) in [6.07, 6.45) is 3.66. The highest BCUT2D eigenvalue weighted by Gasteiger charge is 2.17. The Morgan fingerprint density at radius 1 is 1.44 bits per heavy atom. The Bertz CT molecular complexity index is 409. The van der Waals surface area contributed by atoms with Crippen molar-refractivity contribution in [3.8, 4) is 0 Å². The molecule has 1 aromatic heterocycles. The molecule has 0 aliphatic rings. The van der Waals surface area contributed by atoms with Crippen molar-refractivity contribution in [3.05, 3.63) is 11.9 Å². The smallest absolute Gasteiger partial charge is 0.239 e. The van der Waals surface area contributed by atoms with Crippen molar-refractivity contribution in [2.45, 2.75) is 46.1 Å². The summed E-state index contributed by atoms with van der Waals surface area (Å²) in [5.41, 5.74) is 1.77. The number of rotatable bonds is 6. The molecular formula is C13H24N4O. The Morgan fingerprint density at radius 3 is 2.67 bits per heavy atom. The van der Waals surface area contributed by atoms with Crippen LogP contribution in [0.2, 0.25) is 0 Å². The molecule has 0 bridgehead atoms. The number of hydrogen-bond acceptors (Lipinski definition) is 3. The van der Waals surface area contributed by atoms with Crippen molar-refractivity contribution >= 4 is 11.6 Å². The Labute approximate surface area is 109 Å². The summed E-state index contributed by atoms with van der Waals surface area (Å²) in [5, 5.41) is 10.4. The van der Waals surface area contributed by atoms with Crippen LogP contribution in [-0.2, 0) is 18.3 Å². The Morgan fingerprint density at radius 2 is 2.11 bits per heavy atom. The van der Waals surface area contributed by atoms with Crippen LogP contribution in [0.5, 0.6) is 0 Å². The quantitative estimate of drug-likeness (QED) is 0.810. The molecule has 102 valence electrons. The lowest BCUT2D eigenvalue weighted by molar-refractivity contribution is -0.121. The Balaban J connectivity index is 2.52. The fraction of sp³-hybridized carbons (Fsp3) is 0.692. The molecular weight excluding hydrogens is 228 g/mol. The van der Waals surface area contributed by atoms with E-state index in [0.29, 0.717) is 0 Å². The van der Waals surface area contributed by atoms with Gasteiger partial charge in [0.1, 0.15) is 0 Å². The monoisotopic (exact) mass is 252 g/mol. The summed E-state index contributed by atoms with van der Waals surface area (Å²) in [7, 11) is 1.88. The summed E-state index contributed by atoms with van der Waals surface area (Å²) < 4.78 is 1.76. The van der Waals surface area contributed by atoms with Crippen molar-refractivity contribution < 1.29 is 4.79 Å². The first-order valence-corrected chi connectivity index (χ1v) is 6.45. The van der Waals surface area contributed by atoms with Gasteiger partial charge in [-0.25, -0.2) is 0 Å². The Hall–Kier alpha value is -1.52. The molecule has 0 fully saturated rings. The first kappa shape index (κ1) is 14.5. The van der Waals surface area contributed by atoms with Gasteiger partial charge < -0.3 is 10.6 Å². The van der Waals surface area contributed by atoms with Crippen LogP contribution in [0.25, 0.3) is 0 Å². The summed E-state index contributed by atoms with van der Waals surface area (Å²) >= 11 is 0. The van der Waals surface area contributed by atoms with Gasteiger partial charge in [0, 0.05) is 18.8 Å². The predicted molar refractivity (Wildman–Crippen MR) is 73.6 cm³/mol. The summed E-state index contributed by atoms with van der Waals surface area (Å²) in [4.78, 5) is 11.8. The van der Waals surface area contributed by atoms with E-state index in [4.69, 9.17) is 0 Å². The molecule has 0 saturated heterocycles. The highest BCUT2D eigenvalue weighted by atomic mass is 16.2. The van der Waals surface area contributed by atoms with E-state index in [1.807, 2.05) is 34.0 Å². The van der Waals surface area contributed by atoms with Crippen LogP contribution in [0.3, 0.4) is 0 Å². The molecule has 2 N–H and O–H groups in total. The second-order valence-electron chi connectivity index (χ2n) is 5.16.